The van der Waals surface area contributed by atoms with Gasteiger partial charge in [0.25, 0.3) is 5.88 Å². The van der Waals surface area contributed by atoms with Crippen molar-refractivity contribution in [1.82, 2.24) is 10.3 Å². The number of pyridine rings is 1. The molecule has 0 fully saturated rings. The number of ether oxygens (including phenoxy) is 3. The molecule has 0 spiro atoms. The van der Waals surface area contributed by atoms with E-state index in [0.29, 0.717) is 12.4 Å². The molecule has 2 aromatic rings. The lowest BCUT2D eigenvalue weighted by Gasteiger charge is -2.12. The number of nitrogens with zero attached hydrogens (tertiary/aromatic N) is 1. The largest absolute Gasteiger partial charge is 0.494 e. The number of aromatic carboxylic acids is 1. The molecule has 1 aromatic heterocycles. The van der Waals surface area contributed by atoms with Crippen molar-refractivity contribution in [3.8, 4) is 17.4 Å². The Hall–Kier alpha value is -3.66. The molecule has 0 unspecified atom stereocenters. The molecule has 0 aliphatic rings. The van der Waals surface area contributed by atoms with E-state index in [1.165, 1.54) is 0 Å². The molecule has 148 valence electrons. The van der Waals surface area contributed by atoms with Gasteiger partial charge in [-0.2, -0.15) is 0 Å². The summed E-state index contributed by atoms with van der Waals surface area (Å²) in [5.41, 5.74) is 5.71. The van der Waals surface area contributed by atoms with Gasteiger partial charge in [0.1, 0.15) is 12.4 Å². The third-order valence-corrected chi connectivity index (χ3v) is 3.31. The fourth-order valence-corrected chi connectivity index (χ4v) is 2.02. The molecule has 4 N–H and O–H groups in total. The second-order valence-corrected chi connectivity index (χ2v) is 5.34. The van der Waals surface area contributed by atoms with Crippen LogP contribution in [0.5, 0.6) is 17.4 Å². The predicted molar refractivity (Wildman–Crippen MR) is 96.4 cm³/mol. The first kappa shape index (κ1) is 20.6. The monoisotopic (exact) mass is 389 g/mol. The number of hydrogen-bond donors (Lipinski definition) is 3. The molecular formula is C18H19N3O7. The van der Waals surface area contributed by atoms with Crippen LogP contribution in [0.25, 0.3) is 0 Å². The normalized spacial score (nSPS) is 10.1. The Labute approximate surface area is 160 Å². The first-order valence-corrected chi connectivity index (χ1v) is 8.22. The van der Waals surface area contributed by atoms with E-state index >= 15 is 0 Å². The molecule has 0 radical (unpaired) electrons. The average Bonchev–Trinajstić information content (AvgIpc) is 2.68. The molecule has 10 heteroatoms. The molecule has 0 atom stereocenters. The van der Waals surface area contributed by atoms with Crippen LogP contribution in [0.1, 0.15) is 22.8 Å². The third kappa shape index (κ3) is 5.95. The Morgan fingerprint density at radius 1 is 1.18 bits per heavy atom. The van der Waals surface area contributed by atoms with Crippen molar-refractivity contribution in [2.24, 2.45) is 5.73 Å². The van der Waals surface area contributed by atoms with E-state index in [4.69, 9.17) is 25.1 Å². The molecule has 1 aromatic carbocycles. The van der Waals surface area contributed by atoms with Gasteiger partial charge in [0.2, 0.25) is 5.91 Å². The zero-order valence-corrected chi connectivity index (χ0v) is 15.0. The molecule has 2 rings (SSSR count). The van der Waals surface area contributed by atoms with Crippen LogP contribution in [0.3, 0.4) is 0 Å². The lowest BCUT2D eigenvalue weighted by molar-refractivity contribution is -0.118. The molecule has 0 saturated carbocycles. The summed E-state index contributed by atoms with van der Waals surface area (Å²) in [6, 6.07) is 8.23. The van der Waals surface area contributed by atoms with Crippen molar-refractivity contribution in [3.63, 3.8) is 0 Å². The zero-order chi connectivity index (χ0) is 20.5. The van der Waals surface area contributed by atoms with Crippen molar-refractivity contribution >= 4 is 18.0 Å². The summed E-state index contributed by atoms with van der Waals surface area (Å²) in [5, 5.41) is 11.0. The summed E-state index contributed by atoms with van der Waals surface area (Å²) in [5.74, 6) is -1.65. The number of carboxylic acid groups (broad SMARTS) is 1. The van der Waals surface area contributed by atoms with Gasteiger partial charge in [0, 0.05) is 12.3 Å². The lowest BCUT2D eigenvalue weighted by Crippen LogP contribution is -2.37. The molecule has 0 aliphatic heterocycles. The molecule has 2 amide bonds. The summed E-state index contributed by atoms with van der Waals surface area (Å²) < 4.78 is 15.8. The summed E-state index contributed by atoms with van der Waals surface area (Å²) in [6.07, 6.45) is -0.114. The van der Waals surface area contributed by atoms with E-state index in [0.717, 1.165) is 17.8 Å². The summed E-state index contributed by atoms with van der Waals surface area (Å²) >= 11 is 0. The fourth-order valence-electron chi connectivity index (χ4n) is 2.02. The van der Waals surface area contributed by atoms with Crippen LogP contribution in [-0.2, 0) is 11.4 Å². The van der Waals surface area contributed by atoms with Crippen LogP contribution in [-0.4, -0.2) is 41.2 Å². The Morgan fingerprint density at radius 2 is 1.89 bits per heavy atom. The molecule has 10 nitrogen and oxygen atoms in total. The smallest absolute Gasteiger partial charge is 0.420 e. The predicted octanol–water partition coefficient (Wildman–Crippen LogP) is 1.33. The third-order valence-electron chi connectivity index (χ3n) is 3.31. The summed E-state index contributed by atoms with van der Waals surface area (Å²) in [4.78, 5) is 37.8. The Balaban J connectivity index is 2.14. The van der Waals surface area contributed by atoms with E-state index in [9.17, 15) is 14.4 Å². The second-order valence-electron chi connectivity index (χ2n) is 5.34. The average molecular weight is 389 g/mol. The maximum atomic E-state index is 11.7. The van der Waals surface area contributed by atoms with Crippen LogP contribution in [0.15, 0.2) is 36.5 Å². The minimum atomic E-state index is -1.23. The number of benzene rings is 1. The molecule has 28 heavy (non-hydrogen) atoms. The van der Waals surface area contributed by atoms with Gasteiger partial charge in [-0.25, -0.2) is 14.6 Å². The number of rotatable bonds is 8. The number of aromatic nitrogens is 1. The highest BCUT2D eigenvalue weighted by Gasteiger charge is 2.17. The van der Waals surface area contributed by atoms with Gasteiger partial charge in [-0.05, 0) is 24.6 Å². The van der Waals surface area contributed by atoms with E-state index in [1.54, 1.807) is 24.3 Å². The van der Waals surface area contributed by atoms with Gasteiger partial charge in [0.15, 0.2) is 5.75 Å². The standard InChI is InChI=1S/C18H19N3O7/c1-2-26-13-5-3-11(4-6-13)10-27-14-7-12(17(23)24)9-20-16(14)28-18(25)21-15(22)8-19/h3-7,9H,2,8,10,19H2,1H3,(H,23,24)(H,21,22,25). The van der Waals surface area contributed by atoms with Crippen molar-refractivity contribution in [1.29, 1.82) is 0 Å². The quantitative estimate of drug-likeness (QED) is 0.607. The maximum Gasteiger partial charge on any atom is 0.420 e. The highest BCUT2D eigenvalue weighted by Crippen LogP contribution is 2.27. The van der Waals surface area contributed by atoms with Gasteiger partial charge >= 0.3 is 12.1 Å². The molecule has 0 aliphatic carbocycles. The van der Waals surface area contributed by atoms with E-state index in [-0.39, 0.29) is 23.8 Å². The topological polar surface area (TPSA) is 150 Å². The number of carboxylic acids is 1. The summed E-state index contributed by atoms with van der Waals surface area (Å²) in [6.45, 7) is 2.07. The highest BCUT2D eigenvalue weighted by molar-refractivity contribution is 5.93. The van der Waals surface area contributed by atoms with E-state index in [2.05, 4.69) is 4.98 Å². The first-order chi connectivity index (χ1) is 13.4. The van der Waals surface area contributed by atoms with Crippen LogP contribution in [0, 0.1) is 0 Å². The highest BCUT2D eigenvalue weighted by atomic mass is 16.6. The van der Waals surface area contributed by atoms with Gasteiger partial charge in [-0.3, -0.25) is 10.1 Å². The van der Waals surface area contributed by atoms with Crippen molar-refractivity contribution in [2.75, 3.05) is 13.2 Å². The Morgan fingerprint density at radius 3 is 2.50 bits per heavy atom. The number of carbonyl (C=O) groups excluding carboxylic acids is 2. The number of nitrogens with two attached hydrogens (primary N) is 1. The minimum absolute atomic E-state index is 0.0524. The van der Waals surface area contributed by atoms with Crippen molar-refractivity contribution in [3.05, 3.63) is 47.7 Å². The summed E-state index contributed by atoms with van der Waals surface area (Å²) in [7, 11) is 0. The van der Waals surface area contributed by atoms with Gasteiger partial charge < -0.3 is 25.1 Å². The van der Waals surface area contributed by atoms with Crippen LogP contribution in [0.2, 0.25) is 0 Å². The number of carbonyl (C=O) groups is 3. The first-order valence-electron chi connectivity index (χ1n) is 8.22. The molecular weight excluding hydrogens is 370 g/mol. The minimum Gasteiger partial charge on any atom is -0.494 e. The number of nitrogens with one attached hydrogen (secondary N) is 1. The molecule has 1 heterocycles. The van der Waals surface area contributed by atoms with E-state index in [1.807, 2.05) is 12.2 Å². The van der Waals surface area contributed by atoms with Crippen LogP contribution < -0.4 is 25.3 Å². The fraction of sp³-hybridized carbons (Fsp3) is 0.222. The number of amides is 2. The second kappa shape index (κ2) is 9.88. The lowest BCUT2D eigenvalue weighted by atomic mass is 10.2. The van der Waals surface area contributed by atoms with Gasteiger partial charge in [-0.15, -0.1) is 0 Å². The van der Waals surface area contributed by atoms with Crippen molar-refractivity contribution < 1.29 is 33.7 Å². The SMILES string of the molecule is CCOc1ccc(COc2cc(C(=O)O)cnc2OC(=O)NC(=O)CN)cc1. The zero-order valence-electron chi connectivity index (χ0n) is 15.0. The number of imide groups is 1. The van der Waals surface area contributed by atoms with Gasteiger partial charge in [0.05, 0.1) is 18.7 Å². The Kier molecular flexibility index (Phi) is 7.28. The van der Waals surface area contributed by atoms with Crippen molar-refractivity contribution in [2.45, 2.75) is 13.5 Å². The molecule has 0 saturated heterocycles. The molecule has 0 bridgehead atoms. The van der Waals surface area contributed by atoms with Crippen LogP contribution in [0.4, 0.5) is 4.79 Å². The van der Waals surface area contributed by atoms with E-state index < -0.39 is 24.5 Å². The van der Waals surface area contributed by atoms with Gasteiger partial charge in [-0.1, -0.05) is 12.1 Å². The number of hydrogen-bond acceptors (Lipinski definition) is 8. The van der Waals surface area contributed by atoms with Crippen LogP contribution >= 0.6 is 0 Å². The maximum absolute atomic E-state index is 11.7. The Bertz CT molecular complexity index is 853.